The molecule has 2 heteroatoms. The second kappa shape index (κ2) is 23.6. The number of carbonyl (C=O) groups is 1. The lowest BCUT2D eigenvalue weighted by Gasteiger charge is -2.01. The fourth-order valence-electron chi connectivity index (χ4n) is 3.31. The summed E-state index contributed by atoms with van der Waals surface area (Å²) in [6.45, 7) is 2.28. The molecule has 0 saturated carbocycles. The van der Waals surface area contributed by atoms with Crippen molar-refractivity contribution in [3.63, 3.8) is 0 Å². The van der Waals surface area contributed by atoms with E-state index in [2.05, 4.69) is 30.6 Å². The molecule has 0 rings (SSSR count). The second-order valence-corrected chi connectivity index (χ2v) is 7.98. The molecule has 0 aliphatic rings. The zero-order chi connectivity index (χ0) is 20.5. The van der Waals surface area contributed by atoms with Crippen molar-refractivity contribution in [1.29, 1.82) is 0 Å². The van der Waals surface area contributed by atoms with Gasteiger partial charge in [-0.3, -0.25) is 4.79 Å². The van der Waals surface area contributed by atoms with Gasteiger partial charge < -0.3 is 5.73 Å². The molecule has 2 N–H and O–H groups in total. The Morgan fingerprint density at radius 1 is 0.571 bits per heavy atom. The van der Waals surface area contributed by atoms with Crippen molar-refractivity contribution in [2.24, 2.45) is 5.73 Å². The van der Waals surface area contributed by atoms with Crippen LogP contribution in [-0.2, 0) is 4.79 Å². The summed E-state index contributed by atoms with van der Waals surface area (Å²) in [6, 6.07) is 0. The maximum absolute atomic E-state index is 10.6. The third-order valence-corrected chi connectivity index (χ3v) is 5.12. The third-order valence-electron chi connectivity index (χ3n) is 5.12. The number of carbonyl (C=O) groups excluding carboxylic acids is 1. The van der Waals surface area contributed by atoms with Crippen molar-refractivity contribution in [2.75, 3.05) is 0 Å². The molecular weight excluding hydrogens is 342 g/mol. The molecule has 0 fully saturated rings. The molecule has 1 amide bonds. The Morgan fingerprint density at radius 3 is 1.32 bits per heavy atom. The highest BCUT2D eigenvalue weighted by molar-refractivity contribution is 5.73. The molecule has 0 radical (unpaired) electrons. The Bertz CT molecular complexity index is 460. The molecule has 0 aromatic rings. The predicted molar refractivity (Wildman–Crippen MR) is 123 cm³/mol. The van der Waals surface area contributed by atoms with Crippen LogP contribution in [0.5, 0.6) is 0 Å². The Morgan fingerprint density at radius 2 is 0.929 bits per heavy atom. The molecule has 0 aliphatic carbocycles. The van der Waals surface area contributed by atoms with Crippen molar-refractivity contribution in [3.05, 3.63) is 0 Å². The first kappa shape index (κ1) is 26.6. The van der Waals surface area contributed by atoms with Crippen molar-refractivity contribution in [2.45, 2.75) is 135 Å². The number of rotatable bonds is 19. The van der Waals surface area contributed by atoms with Crippen LogP contribution in [0.1, 0.15) is 135 Å². The lowest BCUT2D eigenvalue weighted by molar-refractivity contribution is -0.118. The number of primary amides is 1. The van der Waals surface area contributed by atoms with Crippen molar-refractivity contribution in [1.82, 2.24) is 0 Å². The average Bonchev–Trinajstić information content (AvgIpc) is 2.68. The van der Waals surface area contributed by atoms with Gasteiger partial charge in [0.15, 0.2) is 0 Å². The normalized spacial score (nSPS) is 10.0. The zero-order valence-corrected chi connectivity index (χ0v) is 18.6. The van der Waals surface area contributed by atoms with E-state index in [1.165, 1.54) is 89.9 Å². The van der Waals surface area contributed by atoms with Crippen LogP contribution in [-0.4, -0.2) is 5.91 Å². The molecule has 0 aromatic heterocycles. The van der Waals surface area contributed by atoms with E-state index in [1.807, 2.05) is 0 Å². The minimum absolute atomic E-state index is 0.181. The standard InChI is InChI=1S/C26H45NO/c1-2-3-4-5-6-7-8-9-10-11-12-13-14-15-16-17-18-19-20-21-22-23-24-25-26(27)28/h2-13,18-25H2,1H3,(H2,27,28). The lowest BCUT2D eigenvalue weighted by atomic mass is 10.1. The van der Waals surface area contributed by atoms with E-state index in [-0.39, 0.29) is 5.91 Å². The quantitative estimate of drug-likeness (QED) is 0.183. The van der Waals surface area contributed by atoms with Crippen LogP contribution >= 0.6 is 0 Å². The summed E-state index contributed by atoms with van der Waals surface area (Å²) in [5, 5.41) is 0. The Labute approximate surface area is 175 Å². The first-order valence-electron chi connectivity index (χ1n) is 12.0. The monoisotopic (exact) mass is 387 g/mol. The number of nitrogens with two attached hydrogens (primary N) is 1. The van der Waals surface area contributed by atoms with E-state index in [4.69, 9.17) is 5.73 Å². The highest BCUT2D eigenvalue weighted by atomic mass is 16.1. The zero-order valence-electron chi connectivity index (χ0n) is 18.6. The highest BCUT2D eigenvalue weighted by Crippen LogP contribution is 2.11. The maximum Gasteiger partial charge on any atom is 0.217 e. The van der Waals surface area contributed by atoms with Gasteiger partial charge in [0.2, 0.25) is 5.91 Å². The third kappa shape index (κ3) is 24.6. The van der Waals surface area contributed by atoms with Crippen LogP contribution in [0.2, 0.25) is 0 Å². The van der Waals surface area contributed by atoms with E-state index in [0.29, 0.717) is 6.42 Å². The van der Waals surface area contributed by atoms with Crippen LogP contribution in [0.15, 0.2) is 0 Å². The molecule has 0 unspecified atom stereocenters. The first-order valence-corrected chi connectivity index (χ1v) is 12.0. The fourth-order valence-corrected chi connectivity index (χ4v) is 3.31. The van der Waals surface area contributed by atoms with Gasteiger partial charge in [-0.2, -0.15) is 0 Å². The molecule has 2 nitrogen and oxygen atoms in total. The Kier molecular flexibility index (Phi) is 22.4. The summed E-state index contributed by atoms with van der Waals surface area (Å²) in [7, 11) is 0. The summed E-state index contributed by atoms with van der Waals surface area (Å²) >= 11 is 0. The van der Waals surface area contributed by atoms with Crippen molar-refractivity contribution < 1.29 is 4.79 Å². The second-order valence-electron chi connectivity index (χ2n) is 7.98. The first-order chi connectivity index (χ1) is 13.8. The van der Waals surface area contributed by atoms with Crippen LogP contribution in [0.3, 0.4) is 0 Å². The topological polar surface area (TPSA) is 43.1 Å². The van der Waals surface area contributed by atoms with Gasteiger partial charge >= 0.3 is 0 Å². The van der Waals surface area contributed by atoms with Crippen LogP contribution in [0.25, 0.3) is 0 Å². The summed E-state index contributed by atoms with van der Waals surface area (Å²) in [4.78, 5) is 10.6. The molecule has 28 heavy (non-hydrogen) atoms. The molecule has 0 aromatic carbocycles. The SMILES string of the molecule is CCCCCCCCCCCCCC#CC#CCCCCCCCCC(N)=O. The predicted octanol–water partition coefficient (Wildman–Crippen LogP) is 7.30. The number of unbranched alkanes of at least 4 members (excludes halogenated alkanes) is 17. The Hall–Kier alpha value is -1.41. The summed E-state index contributed by atoms with van der Waals surface area (Å²) in [6.07, 6.45) is 24.5. The molecule has 0 aliphatic heterocycles. The lowest BCUT2D eigenvalue weighted by Crippen LogP contribution is -2.09. The van der Waals surface area contributed by atoms with Crippen LogP contribution in [0.4, 0.5) is 0 Å². The maximum atomic E-state index is 10.6. The van der Waals surface area contributed by atoms with E-state index in [0.717, 1.165) is 32.1 Å². The Balaban J connectivity index is 3.24. The van der Waals surface area contributed by atoms with Crippen LogP contribution in [0, 0.1) is 23.7 Å². The van der Waals surface area contributed by atoms with Gasteiger partial charge in [-0.15, -0.1) is 0 Å². The molecule has 0 heterocycles. The molecule has 0 atom stereocenters. The smallest absolute Gasteiger partial charge is 0.217 e. The van der Waals surface area contributed by atoms with E-state index in [9.17, 15) is 4.79 Å². The summed E-state index contributed by atoms with van der Waals surface area (Å²) < 4.78 is 0. The summed E-state index contributed by atoms with van der Waals surface area (Å²) in [5.74, 6) is 12.2. The molecular formula is C26H45NO. The minimum atomic E-state index is -0.181. The van der Waals surface area contributed by atoms with E-state index in [1.54, 1.807) is 0 Å². The van der Waals surface area contributed by atoms with Gasteiger partial charge in [-0.25, -0.2) is 0 Å². The van der Waals surface area contributed by atoms with Gasteiger partial charge in [0.05, 0.1) is 0 Å². The van der Waals surface area contributed by atoms with Gasteiger partial charge in [0.25, 0.3) is 0 Å². The van der Waals surface area contributed by atoms with Gasteiger partial charge in [0, 0.05) is 19.3 Å². The van der Waals surface area contributed by atoms with E-state index >= 15 is 0 Å². The minimum Gasteiger partial charge on any atom is -0.370 e. The molecule has 0 spiro atoms. The number of hydrogen-bond acceptors (Lipinski definition) is 1. The molecule has 160 valence electrons. The molecule has 0 bridgehead atoms. The number of hydrogen-bond donors (Lipinski definition) is 1. The van der Waals surface area contributed by atoms with Crippen LogP contribution < -0.4 is 5.73 Å². The fraction of sp³-hybridized carbons (Fsp3) is 0.808. The van der Waals surface area contributed by atoms with Gasteiger partial charge in [-0.05, 0) is 31.1 Å². The van der Waals surface area contributed by atoms with Crippen molar-refractivity contribution in [3.8, 4) is 23.7 Å². The van der Waals surface area contributed by atoms with Crippen molar-refractivity contribution >= 4 is 5.91 Å². The van der Waals surface area contributed by atoms with Gasteiger partial charge in [-0.1, -0.05) is 109 Å². The average molecular weight is 388 g/mol. The van der Waals surface area contributed by atoms with Gasteiger partial charge in [0.1, 0.15) is 0 Å². The van der Waals surface area contributed by atoms with E-state index < -0.39 is 0 Å². The highest BCUT2D eigenvalue weighted by Gasteiger charge is 1.94. The summed E-state index contributed by atoms with van der Waals surface area (Å²) in [5.41, 5.74) is 5.12. The molecule has 0 saturated heterocycles. The largest absolute Gasteiger partial charge is 0.370 e. The number of amides is 1.